The van der Waals surface area contributed by atoms with Gasteiger partial charge in [0.2, 0.25) is 0 Å². The van der Waals surface area contributed by atoms with Crippen LogP contribution in [-0.2, 0) is 11.8 Å². The number of rotatable bonds is 2. The summed E-state index contributed by atoms with van der Waals surface area (Å²) in [5.74, 6) is -0.404. The Hall–Kier alpha value is -1.88. The summed E-state index contributed by atoms with van der Waals surface area (Å²) in [5.41, 5.74) is 1.39. The molecule has 0 unspecified atom stereocenters. The van der Waals surface area contributed by atoms with Crippen molar-refractivity contribution < 1.29 is 13.9 Å². The fourth-order valence-electron chi connectivity index (χ4n) is 4.28. The molecular formula is C19H23FN2O2. The van der Waals surface area contributed by atoms with Gasteiger partial charge in [-0.25, -0.2) is 4.39 Å². The Bertz CT molecular complexity index is 777. The van der Waals surface area contributed by atoms with Crippen LogP contribution in [-0.4, -0.2) is 28.7 Å². The molecule has 2 aromatic rings. The number of carbonyl (C=O) groups excluding carboxylic acids is 1. The van der Waals surface area contributed by atoms with E-state index >= 15 is 0 Å². The standard InChI is InChI=1S/C19H23FN2O2/c1-22-16-6-5-14(20)9-13(16)10-17(22)18(23)21-15-11-19(24-12-15)7-3-2-4-8-19/h5-6,9-10,15H,2-4,7-8,11-12H2,1H3,(H,21,23)/t15-/m0/s1. The average Bonchev–Trinajstić information content (AvgIpc) is 3.09. The summed E-state index contributed by atoms with van der Waals surface area (Å²) in [6.07, 6.45) is 6.83. The molecule has 1 N–H and O–H groups in total. The van der Waals surface area contributed by atoms with Crippen LogP contribution in [0.5, 0.6) is 0 Å². The number of hydrogen-bond donors (Lipinski definition) is 1. The highest BCUT2D eigenvalue weighted by Crippen LogP contribution is 2.39. The van der Waals surface area contributed by atoms with Crippen molar-refractivity contribution in [1.29, 1.82) is 0 Å². The molecule has 1 aromatic carbocycles. The van der Waals surface area contributed by atoms with E-state index in [1.807, 2.05) is 11.6 Å². The summed E-state index contributed by atoms with van der Waals surface area (Å²) in [6.45, 7) is 0.588. The zero-order chi connectivity index (χ0) is 16.7. The minimum Gasteiger partial charge on any atom is -0.373 e. The molecule has 0 bridgehead atoms. The van der Waals surface area contributed by atoms with Crippen molar-refractivity contribution in [3.05, 3.63) is 35.8 Å². The van der Waals surface area contributed by atoms with E-state index in [2.05, 4.69) is 5.32 Å². The van der Waals surface area contributed by atoms with Gasteiger partial charge >= 0.3 is 0 Å². The summed E-state index contributed by atoms with van der Waals surface area (Å²) < 4.78 is 21.3. The first kappa shape index (κ1) is 15.6. The largest absolute Gasteiger partial charge is 0.373 e. The van der Waals surface area contributed by atoms with Crippen LogP contribution in [0.4, 0.5) is 4.39 Å². The van der Waals surface area contributed by atoms with Crippen LogP contribution in [0.2, 0.25) is 0 Å². The van der Waals surface area contributed by atoms with Gasteiger partial charge in [0, 0.05) is 18.0 Å². The molecule has 1 saturated heterocycles. The zero-order valence-corrected chi connectivity index (χ0v) is 14.0. The van der Waals surface area contributed by atoms with Gasteiger partial charge in [-0.1, -0.05) is 19.3 Å². The van der Waals surface area contributed by atoms with Gasteiger partial charge in [0.25, 0.3) is 5.91 Å². The second-order valence-electron chi connectivity index (χ2n) is 7.22. The van der Waals surface area contributed by atoms with Gasteiger partial charge in [-0.2, -0.15) is 0 Å². The smallest absolute Gasteiger partial charge is 0.268 e. The molecule has 1 spiro atoms. The summed E-state index contributed by atoms with van der Waals surface area (Å²) in [6, 6.07) is 6.39. The number of nitrogens with one attached hydrogen (secondary N) is 1. The van der Waals surface area contributed by atoms with Crippen LogP contribution < -0.4 is 5.32 Å². The van der Waals surface area contributed by atoms with Crippen LogP contribution in [0, 0.1) is 5.82 Å². The lowest BCUT2D eigenvalue weighted by Gasteiger charge is -2.32. The molecule has 1 aliphatic heterocycles. The third kappa shape index (κ3) is 2.71. The number of benzene rings is 1. The average molecular weight is 330 g/mol. The second kappa shape index (κ2) is 5.88. The Morgan fingerprint density at radius 1 is 1.29 bits per heavy atom. The van der Waals surface area contributed by atoms with Gasteiger partial charge in [0.15, 0.2) is 0 Å². The van der Waals surface area contributed by atoms with E-state index < -0.39 is 0 Å². The lowest BCUT2D eigenvalue weighted by atomic mass is 9.82. The Morgan fingerprint density at radius 2 is 2.08 bits per heavy atom. The number of hydrogen-bond acceptors (Lipinski definition) is 2. The maximum Gasteiger partial charge on any atom is 0.268 e. The minimum absolute atomic E-state index is 0.0156. The maximum absolute atomic E-state index is 13.4. The number of fused-ring (bicyclic) bond motifs is 1. The second-order valence-corrected chi connectivity index (χ2v) is 7.22. The van der Waals surface area contributed by atoms with E-state index in [9.17, 15) is 9.18 Å². The molecular weight excluding hydrogens is 307 g/mol. The third-order valence-corrected chi connectivity index (χ3v) is 5.55. The molecule has 1 aliphatic carbocycles. The molecule has 2 heterocycles. The lowest BCUT2D eigenvalue weighted by molar-refractivity contribution is -0.0246. The minimum atomic E-state index is -0.288. The van der Waals surface area contributed by atoms with Crippen molar-refractivity contribution in [2.75, 3.05) is 6.61 Å². The molecule has 1 atom stereocenters. The van der Waals surface area contributed by atoms with Gasteiger partial charge in [-0.15, -0.1) is 0 Å². The first-order valence-corrected chi connectivity index (χ1v) is 8.76. The van der Waals surface area contributed by atoms with Crippen molar-refractivity contribution in [3.8, 4) is 0 Å². The normalized spacial score (nSPS) is 23.0. The Kier molecular flexibility index (Phi) is 3.83. The van der Waals surface area contributed by atoms with Crippen LogP contribution >= 0.6 is 0 Å². The Balaban J connectivity index is 1.50. The topological polar surface area (TPSA) is 43.3 Å². The van der Waals surface area contributed by atoms with E-state index in [-0.39, 0.29) is 23.4 Å². The lowest BCUT2D eigenvalue weighted by Crippen LogP contribution is -2.38. The number of ether oxygens (including phenoxy) is 1. The highest BCUT2D eigenvalue weighted by atomic mass is 19.1. The van der Waals surface area contributed by atoms with Gasteiger partial charge in [0.05, 0.1) is 18.2 Å². The van der Waals surface area contributed by atoms with Crippen LogP contribution in [0.25, 0.3) is 10.9 Å². The fourth-order valence-corrected chi connectivity index (χ4v) is 4.28. The molecule has 4 rings (SSSR count). The molecule has 4 nitrogen and oxygen atoms in total. The molecule has 128 valence electrons. The van der Waals surface area contributed by atoms with Crippen molar-refractivity contribution in [3.63, 3.8) is 0 Å². The number of halogens is 1. The number of nitrogens with zero attached hydrogens (tertiary/aromatic N) is 1. The highest BCUT2D eigenvalue weighted by Gasteiger charge is 2.41. The zero-order valence-electron chi connectivity index (χ0n) is 14.0. The van der Waals surface area contributed by atoms with Crippen molar-refractivity contribution in [1.82, 2.24) is 9.88 Å². The van der Waals surface area contributed by atoms with Crippen LogP contribution in [0.1, 0.15) is 49.0 Å². The van der Waals surface area contributed by atoms with Gasteiger partial charge in [-0.05, 0) is 43.5 Å². The van der Waals surface area contributed by atoms with Crippen LogP contribution in [0.3, 0.4) is 0 Å². The molecule has 24 heavy (non-hydrogen) atoms. The molecule has 2 aliphatic rings. The van der Waals surface area contributed by atoms with Crippen molar-refractivity contribution in [2.45, 2.75) is 50.2 Å². The number of aryl methyl sites for hydroxylation is 1. The van der Waals surface area contributed by atoms with Gasteiger partial charge in [-0.3, -0.25) is 4.79 Å². The third-order valence-electron chi connectivity index (χ3n) is 5.55. The summed E-state index contributed by atoms with van der Waals surface area (Å²) in [7, 11) is 1.84. The summed E-state index contributed by atoms with van der Waals surface area (Å²) >= 11 is 0. The number of aromatic nitrogens is 1. The van der Waals surface area contributed by atoms with E-state index in [1.54, 1.807) is 12.1 Å². The van der Waals surface area contributed by atoms with Crippen molar-refractivity contribution >= 4 is 16.8 Å². The number of amides is 1. The molecule has 5 heteroatoms. The molecule has 1 aromatic heterocycles. The summed E-state index contributed by atoms with van der Waals surface area (Å²) in [4.78, 5) is 12.7. The Morgan fingerprint density at radius 3 is 2.88 bits per heavy atom. The SMILES string of the molecule is Cn1c(C(=O)N[C@@H]2COC3(CCCCC3)C2)cc2cc(F)ccc21. The van der Waals surface area contributed by atoms with E-state index in [4.69, 9.17) is 4.74 Å². The van der Waals surface area contributed by atoms with E-state index in [1.165, 1.54) is 31.4 Å². The molecule has 2 fully saturated rings. The molecule has 1 saturated carbocycles. The molecule has 0 radical (unpaired) electrons. The van der Waals surface area contributed by atoms with Gasteiger partial charge < -0.3 is 14.6 Å². The highest BCUT2D eigenvalue weighted by molar-refractivity contribution is 5.98. The quantitative estimate of drug-likeness (QED) is 0.915. The molecule has 1 amide bonds. The van der Waals surface area contributed by atoms with E-state index in [0.717, 1.165) is 30.2 Å². The Labute approximate surface area is 141 Å². The fraction of sp³-hybridized carbons (Fsp3) is 0.526. The van der Waals surface area contributed by atoms with Gasteiger partial charge in [0.1, 0.15) is 11.5 Å². The monoisotopic (exact) mass is 330 g/mol. The summed E-state index contributed by atoms with van der Waals surface area (Å²) in [5, 5.41) is 3.85. The first-order valence-electron chi connectivity index (χ1n) is 8.76. The van der Waals surface area contributed by atoms with Crippen molar-refractivity contribution in [2.24, 2.45) is 7.05 Å². The predicted molar refractivity (Wildman–Crippen MR) is 90.5 cm³/mol. The predicted octanol–water partition coefficient (Wildman–Crippen LogP) is 3.54. The van der Waals surface area contributed by atoms with Crippen LogP contribution in [0.15, 0.2) is 24.3 Å². The number of carbonyl (C=O) groups is 1. The van der Waals surface area contributed by atoms with E-state index in [0.29, 0.717) is 12.3 Å². The maximum atomic E-state index is 13.4. The first-order chi connectivity index (χ1) is 11.6.